The predicted molar refractivity (Wildman–Crippen MR) is 86.5 cm³/mol. The van der Waals surface area contributed by atoms with Crippen LogP contribution in [0.1, 0.15) is 37.4 Å². The third-order valence-corrected chi connectivity index (χ3v) is 4.31. The maximum absolute atomic E-state index is 14.0. The molecule has 1 aliphatic rings. The molecule has 1 aliphatic heterocycles. The van der Waals surface area contributed by atoms with Gasteiger partial charge >= 0.3 is 5.97 Å². The summed E-state index contributed by atoms with van der Waals surface area (Å²) in [7, 11) is 0. The van der Waals surface area contributed by atoms with Gasteiger partial charge in [-0.15, -0.1) is 0 Å². The van der Waals surface area contributed by atoms with Gasteiger partial charge in [0, 0.05) is 22.1 Å². The number of carbonyl (C=O) groups excluding carboxylic acids is 1. The smallest absolute Gasteiger partial charge is 0.335 e. The second-order valence-electron chi connectivity index (χ2n) is 5.07. The third kappa shape index (κ3) is 2.70. The van der Waals surface area contributed by atoms with Crippen LogP contribution in [-0.4, -0.2) is 17.0 Å². The molecule has 112 valence electrons. The van der Waals surface area contributed by atoms with Crippen molar-refractivity contribution in [2.45, 2.75) is 13.0 Å². The van der Waals surface area contributed by atoms with Crippen LogP contribution in [0.2, 0.25) is 0 Å². The van der Waals surface area contributed by atoms with E-state index in [-0.39, 0.29) is 23.7 Å². The van der Waals surface area contributed by atoms with Crippen LogP contribution in [0, 0.1) is 9.39 Å². The average Bonchev–Trinajstić information content (AvgIpc) is 2.82. The minimum atomic E-state index is -1.08. The Bertz CT molecular complexity index is 804. The zero-order valence-corrected chi connectivity index (χ0v) is 13.5. The Labute approximate surface area is 139 Å². The SMILES string of the molecule is O=C(O)c1cc2c(cc1Cc1ccc(I)cc1F)C(=O)NC2. The Balaban J connectivity index is 2.07. The molecule has 0 spiro atoms. The van der Waals surface area contributed by atoms with Crippen molar-refractivity contribution >= 4 is 34.5 Å². The highest BCUT2D eigenvalue weighted by Crippen LogP contribution is 2.25. The van der Waals surface area contributed by atoms with Gasteiger partial charge in [-0.1, -0.05) is 6.07 Å². The summed E-state index contributed by atoms with van der Waals surface area (Å²) in [5.41, 5.74) is 2.07. The third-order valence-electron chi connectivity index (χ3n) is 3.64. The predicted octanol–water partition coefficient (Wildman–Crippen LogP) is 2.96. The number of halogens is 2. The summed E-state index contributed by atoms with van der Waals surface area (Å²) < 4.78 is 14.8. The van der Waals surface area contributed by atoms with Crippen molar-refractivity contribution in [2.75, 3.05) is 0 Å². The van der Waals surface area contributed by atoms with Crippen molar-refractivity contribution in [2.24, 2.45) is 0 Å². The van der Waals surface area contributed by atoms with Crippen LogP contribution in [0.4, 0.5) is 4.39 Å². The van der Waals surface area contributed by atoms with Crippen molar-refractivity contribution in [1.82, 2.24) is 5.32 Å². The Morgan fingerprint density at radius 2 is 2.05 bits per heavy atom. The minimum absolute atomic E-state index is 0.105. The molecular formula is C16H11FINO3. The largest absolute Gasteiger partial charge is 0.478 e. The van der Waals surface area contributed by atoms with E-state index in [1.54, 1.807) is 18.2 Å². The lowest BCUT2D eigenvalue weighted by Gasteiger charge is -2.10. The zero-order chi connectivity index (χ0) is 15.9. The molecule has 1 heterocycles. The molecule has 0 atom stereocenters. The van der Waals surface area contributed by atoms with E-state index >= 15 is 0 Å². The monoisotopic (exact) mass is 411 g/mol. The Hall–Kier alpha value is -1.96. The lowest BCUT2D eigenvalue weighted by atomic mass is 9.95. The minimum Gasteiger partial charge on any atom is -0.478 e. The second-order valence-corrected chi connectivity index (χ2v) is 6.31. The Morgan fingerprint density at radius 1 is 1.27 bits per heavy atom. The first-order valence-electron chi connectivity index (χ1n) is 6.57. The summed E-state index contributed by atoms with van der Waals surface area (Å²) in [6, 6.07) is 7.85. The van der Waals surface area contributed by atoms with Gasteiger partial charge < -0.3 is 10.4 Å². The van der Waals surface area contributed by atoms with Gasteiger partial charge in [0.2, 0.25) is 0 Å². The second kappa shape index (κ2) is 5.68. The number of fused-ring (bicyclic) bond motifs is 1. The molecular weight excluding hydrogens is 400 g/mol. The summed E-state index contributed by atoms with van der Waals surface area (Å²) in [5, 5.41) is 12.0. The van der Waals surface area contributed by atoms with E-state index in [4.69, 9.17) is 0 Å². The number of benzene rings is 2. The van der Waals surface area contributed by atoms with Crippen LogP contribution < -0.4 is 5.32 Å². The van der Waals surface area contributed by atoms with Gasteiger partial charge in [0.05, 0.1) is 5.56 Å². The van der Waals surface area contributed by atoms with Gasteiger partial charge in [-0.05, 0) is 63.5 Å². The molecule has 0 saturated heterocycles. The van der Waals surface area contributed by atoms with Gasteiger partial charge in [0.25, 0.3) is 5.91 Å². The first-order chi connectivity index (χ1) is 10.5. The number of amides is 1. The Kier molecular flexibility index (Phi) is 3.86. The number of rotatable bonds is 3. The lowest BCUT2D eigenvalue weighted by Crippen LogP contribution is -2.12. The molecule has 0 unspecified atom stereocenters. The summed E-state index contributed by atoms with van der Waals surface area (Å²) in [4.78, 5) is 23.2. The number of carboxylic acid groups (broad SMARTS) is 1. The first kappa shape index (κ1) is 15.0. The number of aromatic carboxylic acids is 1. The van der Waals surface area contributed by atoms with Crippen LogP contribution in [0.25, 0.3) is 0 Å². The van der Waals surface area contributed by atoms with E-state index in [2.05, 4.69) is 5.32 Å². The molecule has 6 heteroatoms. The average molecular weight is 411 g/mol. The number of carboxylic acids is 1. The molecule has 0 fully saturated rings. The van der Waals surface area contributed by atoms with Crippen molar-refractivity contribution in [3.8, 4) is 0 Å². The van der Waals surface area contributed by atoms with Crippen molar-refractivity contribution < 1.29 is 19.1 Å². The van der Waals surface area contributed by atoms with Crippen LogP contribution in [-0.2, 0) is 13.0 Å². The highest BCUT2D eigenvalue weighted by Gasteiger charge is 2.23. The number of hydrogen-bond acceptors (Lipinski definition) is 2. The highest BCUT2D eigenvalue weighted by atomic mass is 127. The molecule has 0 saturated carbocycles. The fraction of sp³-hybridized carbons (Fsp3) is 0.125. The number of nitrogens with one attached hydrogen (secondary N) is 1. The standard InChI is InChI=1S/C16H11FINO3/c17-14-6-11(18)2-1-8(14)3-9-4-12-10(7-19-15(12)20)5-13(9)16(21)22/h1-2,4-6H,3,7H2,(H,19,20)(H,21,22). The number of carbonyl (C=O) groups is 2. The molecule has 0 bridgehead atoms. The van der Waals surface area contributed by atoms with Crippen LogP contribution in [0.15, 0.2) is 30.3 Å². The van der Waals surface area contributed by atoms with E-state index in [0.717, 1.165) is 3.57 Å². The summed E-state index contributed by atoms with van der Waals surface area (Å²) >= 11 is 2.01. The van der Waals surface area contributed by atoms with E-state index in [9.17, 15) is 19.1 Å². The normalized spacial score (nSPS) is 12.9. The first-order valence-corrected chi connectivity index (χ1v) is 7.65. The Morgan fingerprint density at radius 3 is 2.73 bits per heavy atom. The van der Waals surface area contributed by atoms with E-state index in [1.165, 1.54) is 12.1 Å². The quantitative estimate of drug-likeness (QED) is 0.764. The maximum atomic E-state index is 14.0. The van der Waals surface area contributed by atoms with Gasteiger partial charge in [-0.3, -0.25) is 4.79 Å². The van der Waals surface area contributed by atoms with Crippen LogP contribution in [0.5, 0.6) is 0 Å². The van der Waals surface area contributed by atoms with Gasteiger partial charge in [-0.25, -0.2) is 9.18 Å². The van der Waals surface area contributed by atoms with Crippen LogP contribution >= 0.6 is 22.6 Å². The summed E-state index contributed by atoms with van der Waals surface area (Å²) in [6.45, 7) is 0.326. The summed E-state index contributed by atoms with van der Waals surface area (Å²) in [5.74, 6) is -1.69. The van der Waals surface area contributed by atoms with E-state index in [0.29, 0.717) is 28.8 Å². The molecule has 2 aromatic rings. The van der Waals surface area contributed by atoms with E-state index in [1.807, 2.05) is 22.6 Å². The molecule has 2 aromatic carbocycles. The molecule has 2 N–H and O–H groups in total. The highest BCUT2D eigenvalue weighted by molar-refractivity contribution is 14.1. The van der Waals surface area contributed by atoms with Gasteiger partial charge in [-0.2, -0.15) is 0 Å². The molecule has 22 heavy (non-hydrogen) atoms. The molecule has 0 aliphatic carbocycles. The summed E-state index contributed by atoms with van der Waals surface area (Å²) in [6.07, 6.45) is 0.130. The van der Waals surface area contributed by atoms with Crippen molar-refractivity contribution in [1.29, 1.82) is 0 Å². The van der Waals surface area contributed by atoms with E-state index < -0.39 is 5.97 Å². The lowest BCUT2D eigenvalue weighted by molar-refractivity contribution is 0.0695. The number of hydrogen-bond donors (Lipinski definition) is 2. The topological polar surface area (TPSA) is 66.4 Å². The van der Waals surface area contributed by atoms with Crippen LogP contribution in [0.3, 0.4) is 0 Å². The maximum Gasteiger partial charge on any atom is 0.335 e. The fourth-order valence-electron chi connectivity index (χ4n) is 2.53. The van der Waals surface area contributed by atoms with Crippen molar-refractivity contribution in [3.05, 3.63) is 67.5 Å². The zero-order valence-electron chi connectivity index (χ0n) is 11.3. The van der Waals surface area contributed by atoms with Gasteiger partial charge in [0.1, 0.15) is 5.82 Å². The molecule has 4 nitrogen and oxygen atoms in total. The molecule has 0 aromatic heterocycles. The fourth-order valence-corrected chi connectivity index (χ4v) is 2.99. The van der Waals surface area contributed by atoms with Crippen molar-refractivity contribution in [3.63, 3.8) is 0 Å². The molecule has 1 amide bonds. The molecule has 3 rings (SSSR count). The van der Waals surface area contributed by atoms with Gasteiger partial charge in [0.15, 0.2) is 0 Å². The molecule has 0 radical (unpaired) electrons.